The topological polar surface area (TPSA) is 83.6 Å². The third kappa shape index (κ3) is 6.26. The summed E-state index contributed by atoms with van der Waals surface area (Å²) in [7, 11) is 0. The van der Waals surface area contributed by atoms with Gasteiger partial charge in [-0.2, -0.15) is 0 Å². The molecule has 0 rings (SSSR count). The van der Waals surface area contributed by atoms with E-state index in [1.807, 2.05) is 27.7 Å². The molecule has 5 nitrogen and oxygen atoms in total. The van der Waals surface area contributed by atoms with Crippen molar-refractivity contribution in [3.05, 3.63) is 0 Å². The van der Waals surface area contributed by atoms with Gasteiger partial charge in [-0.15, -0.1) is 0 Å². The van der Waals surface area contributed by atoms with Crippen LogP contribution >= 0.6 is 0 Å². The van der Waals surface area contributed by atoms with Crippen molar-refractivity contribution in [3.63, 3.8) is 0 Å². The van der Waals surface area contributed by atoms with Crippen LogP contribution < -0.4 is 5.73 Å². The van der Waals surface area contributed by atoms with E-state index >= 15 is 0 Å². The van der Waals surface area contributed by atoms with E-state index in [2.05, 4.69) is 0 Å². The van der Waals surface area contributed by atoms with E-state index < -0.39 is 11.5 Å². The number of rotatable bonds is 6. The van der Waals surface area contributed by atoms with Crippen LogP contribution in [-0.4, -0.2) is 40.0 Å². The molecule has 0 radical (unpaired) electrons. The minimum absolute atomic E-state index is 0.189. The van der Waals surface area contributed by atoms with Crippen molar-refractivity contribution in [2.75, 3.05) is 6.54 Å². The molecule has 0 saturated carbocycles. The Bertz CT molecular complexity index is 271. The van der Waals surface area contributed by atoms with Gasteiger partial charge in [-0.25, -0.2) is 0 Å². The van der Waals surface area contributed by atoms with Gasteiger partial charge in [0.1, 0.15) is 6.54 Å². The molecule has 0 aromatic carbocycles. The first-order chi connectivity index (χ1) is 7.68. The van der Waals surface area contributed by atoms with E-state index in [0.29, 0.717) is 0 Å². The highest BCUT2D eigenvalue weighted by atomic mass is 16.4. The van der Waals surface area contributed by atoms with Crippen LogP contribution in [0.25, 0.3) is 0 Å². The maximum absolute atomic E-state index is 12.0. The monoisotopic (exact) mass is 244 g/mol. The van der Waals surface area contributed by atoms with Gasteiger partial charge in [-0.3, -0.25) is 9.59 Å². The van der Waals surface area contributed by atoms with Crippen LogP contribution in [0.15, 0.2) is 0 Å². The molecule has 17 heavy (non-hydrogen) atoms. The summed E-state index contributed by atoms with van der Waals surface area (Å²) in [6.07, 6.45) is 1.90. The summed E-state index contributed by atoms with van der Waals surface area (Å²) in [4.78, 5) is 24.1. The standard InChI is InChI=1S/C12H24N2O3/c1-5-6-9(13)7-10(15)14(8-11(16)17)12(2,3)4/h9H,5-8,13H2,1-4H3,(H,16,17). The normalized spacial score (nSPS) is 13.2. The Hall–Kier alpha value is -1.10. The van der Waals surface area contributed by atoms with Gasteiger partial charge >= 0.3 is 5.97 Å². The Morgan fingerprint density at radius 1 is 1.35 bits per heavy atom. The van der Waals surface area contributed by atoms with E-state index in [-0.39, 0.29) is 24.9 Å². The van der Waals surface area contributed by atoms with Crippen LogP contribution in [-0.2, 0) is 9.59 Å². The second-order valence-electron chi connectivity index (χ2n) is 5.30. The van der Waals surface area contributed by atoms with Crippen molar-refractivity contribution in [2.45, 2.75) is 58.5 Å². The molecule has 0 bridgehead atoms. The van der Waals surface area contributed by atoms with E-state index in [0.717, 1.165) is 12.8 Å². The van der Waals surface area contributed by atoms with E-state index in [4.69, 9.17) is 10.8 Å². The van der Waals surface area contributed by atoms with Crippen LogP contribution in [0.1, 0.15) is 47.0 Å². The fourth-order valence-corrected chi connectivity index (χ4v) is 1.64. The fraction of sp³-hybridized carbons (Fsp3) is 0.833. The molecular formula is C12H24N2O3. The van der Waals surface area contributed by atoms with Gasteiger partial charge in [0.2, 0.25) is 5.91 Å². The molecule has 0 heterocycles. The smallest absolute Gasteiger partial charge is 0.323 e. The summed E-state index contributed by atoms with van der Waals surface area (Å²) in [5.74, 6) is -1.20. The van der Waals surface area contributed by atoms with Gasteiger partial charge in [-0.05, 0) is 27.2 Å². The quantitative estimate of drug-likeness (QED) is 0.735. The maximum atomic E-state index is 12.0. The number of hydrogen-bond acceptors (Lipinski definition) is 3. The number of carboxylic acids is 1. The third-order valence-corrected chi connectivity index (χ3v) is 2.50. The maximum Gasteiger partial charge on any atom is 0.323 e. The molecule has 3 N–H and O–H groups in total. The number of nitrogens with zero attached hydrogens (tertiary/aromatic N) is 1. The number of nitrogens with two attached hydrogens (primary N) is 1. The van der Waals surface area contributed by atoms with Gasteiger partial charge in [0.25, 0.3) is 0 Å². The third-order valence-electron chi connectivity index (χ3n) is 2.50. The number of hydrogen-bond donors (Lipinski definition) is 2. The molecule has 1 amide bonds. The summed E-state index contributed by atoms with van der Waals surface area (Å²) in [5, 5.41) is 8.81. The molecule has 0 aromatic rings. The SMILES string of the molecule is CCCC(N)CC(=O)N(CC(=O)O)C(C)(C)C. The van der Waals surface area contributed by atoms with Gasteiger partial charge < -0.3 is 15.7 Å². The molecule has 5 heteroatoms. The number of amides is 1. The zero-order valence-electron chi connectivity index (χ0n) is 11.2. The van der Waals surface area contributed by atoms with Gasteiger partial charge in [0, 0.05) is 18.0 Å². The minimum Gasteiger partial charge on any atom is -0.480 e. The minimum atomic E-state index is -1.00. The lowest BCUT2D eigenvalue weighted by atomic mass is 10.0. The van der Waals surface area contributed by atoms with Crippen LogP contribution in [0.2, 0.25) is 0 Å². The predicted molar refractivity (Wildman–Crippen MR) is 66.6 cm³/mol. The highest BCUT2D eigenvalue weighted by Gasteiger charge is 2.28. The largest absolute Gasteiger partial charge is 0.480 e. The van der Waals surface area contributed by atoms with Crippen LogP contribution in [0.3, 0.4) is 0 Å². The van der Waals surface area contributed by atoms with Crippen molar-refractivity contribution in [1.82, 2.24) is 4.90 Å². The van der Waals surface area contributed by atoms with Crippen LogP contribution in [0.4, 0.5) is 0 Å². The lowest BCUT2D eigenvalue weighted by Gasteiger charge is -2.35. The average Bonchev–Trinajstić information content (AvgIpc) is 2.12. The first-order valence-electron chi connectivity index (χ1n) is 5.96. The van der Waals surface area contributed by atoms with Crippen molar-refractivity contribution < 1.29 is 14.7 Å². The van der Waals surface area contributed by atoms with Crippen LogP contribution in [0.5, 0.6) is 0 Å². The predicted octanol–water partition coefficient (Wildman–Crippen LogP) is 1.22. The number of carbonyl (C=O) groups is 2. The average molecular weight is 244 g/mol. The molecule has 0 aliphatic carbocycles. The summed E-state index contributed by atoms with van der Waals surface area (Å²) in [6.45, 7) is 7.18. The van der Waals surface area contributed by atoms with Gasteiger partial charge in [0.15, 0.2) is 0 Å². The van der Waals surface area contributed by atoms with Gasteiger partial charge in [0.05, 0.1) is 0 Å². The first-order valence-corrected chi connectivity index (χ1v) is 5.96. The van der Waals surface area contributed by atoms with Crippen molar-refractivity contribution in [2.24, 2.45) is 5.73 Å². The molecule has 0 aromatic heterocycles. The highest BCUT2D eigenvalue weighted by molar-refractivity contribution is 5.82. The Labute approximate surface area is 103 Å². The Morgan fingerprint density at radius 3 is 2.24 bits per heavy atom. The molecule has 0 aliphatic heterocycles. The zero-order chi connectivity index (χ0) is 13.6. The van der Waals surface area contributed by atoms with Crippen molar-refractivity contribution in [1.29, 1.82) is 0 Å². The summed E-state index contributed by atoms with van der Waals surface area (Å²) < 4.78 is 0. The molecule has 0 spiro atoms. The number of carbonyl (C=O) groups excluding carboxylic acids is 1. The summed E-state index contributed by atoms with van der Waals surface area (Å²) in [5.41, 5.74) is 5.30. The molecular weight excluding hydrogens is 220 g/mol. The van der Waals surface area contributed by atoms with Gasteiger partial charge in [-0.1, -0.05) is 13.3 Å². The Morgan fingerprint density at radius 2 is 1.88 bits per heavy atom. The second-order valence-corrected chi connectivity index (χ2v) is 5.30. The van der Waals surface area contributed by atoms with E-state index in [1.165, 1.54) is 4.90 Å². The molecule has 1 unspecified atom stereocenters. The van der Waals surface area contributed by atoms with Crippen LogP contribution in [0, 0.1) is 0 Å². The zero-order valence-corrected chi connectivity index (χ0v) is 11.2. The highest BCUT2D eigenvalue weighted by Crippen LogP contribution is 2.15. The second kappa shape index (κ2) is 6.59. The number of aliphatic carboxylic acids is 1. The molecule has 0 fully saturated rings. The van der Waals surface area contributed by atoms with Crippen molar-refractivity contribution >= 4 is 11.9 Å². The number of carboxylic acid groups (broad SMARTS) is 1. The molecule has 0 aliphatic rings. The molecule has 100 valence electrons. The van der Waals surface area contributed by atoms with Crippen molar-refractivity contribution in [3.8, 4) is 0 Å². The first kappa shape index (κ1) is 15.9. The lowest BCUT2D eigenvalue weighted by Crippen LogP contribution is -2.49. The lowest BCUT2D eigenvalue weighted by molar-refractivity contribution is -0.148. The van der Waals surface area contributed by atoms with E-state index in [1.54, 1.807) is 0 Å². The molecule has 0 saturated heterocycles. The summed E-state index contributed by atoms with van der Waals surface area (Å²) in [6, 6.07) is -0.189. The fourth-order valence-electron chi connectivity index (χ4n) is 1.64. The Kier molecular flexibility index (Phi) is 6.16. The summed E-state index contributed by atoms with van der Waals surface area (Å²) >= 11 is 0. The Balaban J connectivity index is 4.59. The van der Waals surface area contributed by atoms with E-state index in [9.17, 15) is 9.59 Å². The molecule has 1 atom stereocenters.